The summed E-state index contributed by atoms with van der Waals surface area (Å²) in [7, 11) is 5.73. The molecule has 2 heterocycles. The lowest BCUT2D eigenvalue weighted by molar-refractivity contribution is 0.667. The molecule has 0 saturated carbocycles. The SMILES string of the molecule is CC(Cc1cccs1)N(C)c1nc(Cl)nc(N(C)C)n1. The molecule has 0 amide bonds. The summed E-state index contributed by atoms with van der Waals surface area (Å²) in [5.74, 6) is 1.16. The Morgan fingerprint density at radius 1 is 1.20 bits per heavy atom. The van der Waals surface area contributed by atoms with E-state index >= 15 is 0 Å². The Morgan fingerprint density at radius 3 is 2.50 bits per heavy atom. The molecule has 0 saturated heterocycles. The fraction of sp³-hybridized carbons (Fsp3) is 0.462. The minimum absolute atomic E-state index is 0.217. The lowest BCUT2D eigenvalue weighted by atomic mass is 10.2. The molecule has 2 rings (SSSR count). The Kier molecular flexibility index (Phi) is 4.77. The Balaban J connectivity index is 2.17. The van der Waals surface area contributed by atoms with E-state index in [4.69, 9.17) is 11.6 Å². The second kappa shape index (κ2) is 6.37. The number of likely N-dealkylation sites (N-methyl/N-ethyl adjacent to an activating group) is 1. The van der Waals surface area contributed by atoms with Crippen molar-refractivity contribution in [2.45, 2.75) is 19.4 Å². The number of hydrogen-bond donors (Lipinski definition) is 0. The second-order valence-corrected chi connectivity index (χ2v) is 6.21. The first-order chi connectivity index (χ1) is 9.47. The van der Waals surface area contributed by atoms with E-state index in [2.05, 4.69) is 39.4 Å². The second-order valence-electron chi connectivity index (χ2n) is 4.84. The molecule has 0 bridgehead atoms. The van der Waals surface area contributed by atoms with Crippen molar-refractivity contribution in [3.8, 4) is 0 Å². The van der Waals surface area contributed by atoms with E-state index in [9.17, 15) is 0 Å². The summed E-state index contributed by atoms with van der Waals surface area (Å²) in [6, 6.07) is 4.49. The van der Waals surface area contributed by atoms with Crippen molar-refractivity contribution < 1.29 is 0 Å². The molecule has 0 aliphatic heterocycles. The van der Waals surface area contributed by atoms with Crippen LogP contribution >= 0.6 is 22.9 Å². The quantitative estimate of drug-likeness (QED) is 0.849. The van der Waals surface area contributed by atoms with Gasteiger partial charge in [0.25, 0.3) is 0 Å². The minimum atomic E-state index is 0.217. The molecule has 20 heavy (non-hydrogen) atoms. The third-order valence-corrected chi connectivity index (χ3v) is 4.11. The van der Waals surface area contributed by atoms with Crippen LogP contribution in [0.1, 0.15) is 11.8 Å². The van der Waals surface area contributed by atoms with Crippen molar-refractivity contribution in [2.75, 3.05) is 30.9 Å². The zero-order valence-corrected chi connectivity index (χ0v) is 13.6. The van der Waals surface area contributed by atoms with Gasteiger partial charge in [0.2, 0.25) is 17.2 Å². The Bertz CT molecular complexity index is 558. The molecule has 1 unspecified atom stereocenters. The smallest absolute Gasteiger partial charge is 0.231 e. The fourth-order valence-corrected chi connectivity index (χ4v) is 2.72. The van der Waals surface area contributed by atoms with Gasteiger partial charge < -0.3 is 9.80 Å². The fourth-order valence-electron chi connectivity index (χ4n) is 1.74. The highest BCUT2D eigenvalue weighted by Crippen LogP contribution is 2.19. The molecule has 0 aliphatic rings. The maximum atomic E-state index is 5.97. The maximum Gasteiger partial charge on any atom is 0.231 e. The maximum absolute atomic E-state index is 5.97. The Labute approximate surface area is 128 Å². The zero-order chi connectivity index (χ0) is 14.7. The molecule has 2 aromatic rings. The molecular formula is C13H18ClN5S. The van der Waals surface area contributed by atoms with Crippen LogP contribution in [0, 0.1) is 0 Å². The van der Waals surface area contributed by atoms with E-state index < -0.39 is 0 Å². The van der Waals surface area contributed by atoms with E-state index in [1.807, 2.05) is 30.9 Å². The molecule has 0 aliphatic carbocycles. The standard InChI is InChI=1S/C13H18ClN5S/c1-9(8-10-6-5-7-20-10)19(4)13-16-11(14)15-12(17-13)18(2)3/h5-7,9H,8H2,1-4H3. The first-order valence-electron chi connectivity index (χ1n) is 6.31. The van der Waals surface area contributed by atoms with Crippen LogP contribution in [0.4, 0.5) is 11.9 Å². The first-order valence-corrected chi connectivity index (χ1v) is 7.57. The number of anilines is 2. The van der Waals surface area contributed by atoms with Gasteiger partial charge in [0, 0.05) is 38.5 Å². The van der Waals surface area contributed by atoms with Crippen molar-refractivity contribution >= 4 is 34.8 Å². The van der Waals surface area contributed by atoms with Crippen LogP contribution in [0.5, 0.6) is 0 Å². The molecule has 0 N–H and O–H groups in total. The van der Waals surface area contributed by atoms with E-state index in [0.29, 0.717) is 11.9 Å². The summed E-state index contributed by atoms with van der Waals surface area (Å²) in [6.45, 7) is 2.15. The third-order valence-electron chi connectivity index (χ3n) is 3.04. The number of aromatic nitrogens is 3. The molecule has 7 heteroatoms. The molecule has 0 spiro atoms. The molecule has 0 radical (unpaired) electrons. The summed E-state index contributed by atoms with van der Waals surface area (Å²) >= 11 is 7.73. The van der Waals surface area contributed by atoms with Crippen LogP contribution < -0.4 is 9.80 Å². The van der Waals surface area contributed by atoms with Crippen molar-refractivity contribution in [1.29, 1.82) is 0 Å². The Morgan fingerprint density at radius 2 is 1.90 bits per heavy atom. The number of halogens is 1. The summed E-state index contributed by atoms with van der Waals surface area (Å²) < 4.78 is 0. The number of thiophene rings is 1. The van der Waals surface area contributed by atoms with Gasteiger partial charge in [0.1, 0.15) is 0 Å². The molecule has 108 valence electrons. The van der Waals surface area contributed by atoms with Gasteiger partial charge in [-0.1, -0.05) is 6.07 Å². The molecular weight excluding hydrogens is 294 g/mol. The highest BCUT2D eigenvalue weighted by molar-refractivity contribution is 7.09. The van der Waals surface area contributed by atoms with Gasteiger partial charge in [0.05, 0.1) is 0 Å². The first kappa shape index (κ1) is 15.0. The number of hydrogen-bond acceptors (Lipinski definition) is 6. The van der Waals surface area contributed by atoms with E-state index in [1.165, 1.54) is 4.88 Å². The average Bonchev–Trinajstić information content (AvgIpc) is 2.89. The predicted octanol–water partition coefficient (Wildman–Crippen LogP) is 2.72. The molecule has 1 atom stereocenters. The molecule has 2 aromatic heterocycles. The van der Waals surface area contributed by atoms with Crippen LogP contribution in [-0.4, -0.2) is 42.1 Å². The summed E-state index contributed by atoms with van der Waals surface area (Å²) in [5.41, 5.74) is 0. The van der Waals surface area contributed by atoms with E-state index in [-0.39, 0.29) is 11.3 Å². The summed E-state index contributed by atoms with van der Waals surface area (Å²) in [6.07, 6.45) is 0.953. The van der Waals surface area contributed by atoms with E-state index in [1.54, 1.807) is 11.3 Å². The van der Waals surface area contributed by atoms with Gasteiger partial charge in [-0.2, -0.15) is 15.0 Å². The monoisotopic (exact) mass is 311 g/mol. The van der Waals surface area contributed by atoms with Crippen LogP contribution in [0.2, 0.25) is 5.28 Å². The van der Waals surface area contributed by atoms with Gasteiger partial charge in [0.15, 0.2) is 0 Å². The highest BCUT2D eigenvalue weighted by atomic mass is 35.5. The Hall–Kier alpha value is -1.40. The van der Waals surface area contributed by atoms with Gasteiger partial charge in [-0.05, 0) is 30.0 Å². The zero-order valence-electron chi connectivity index (χ0n) is 12.0. The van der Waals surface area contributed by atoms with Gasteiger partial charge >= 0.3 is 0 Å². The lowest BCUT2D eigenvalue weighted by Gasteiger charge is -2.25. The molecule has 5 nitrogen and oxygen atoms in total. The van der Waals surface area contributed by atoms with Crippen LogP contribution in [-0.2, 0) is 6.42 Å². The van der Waals surface area contributed by atoms with Gasteiger partial charge in [-0.25, -0.2) is 0 Å². The predicted molar refractivity (Wildman–Crippen MR) is 85.1 cm³/mol. The third kappa shape index (κ3) is 3.58. The van der Waals surface area contributed by atoms with Gasteiger partial charge in [-0.15, -0.1) is 11.3 Å². The largest absolute Gasteiger partial charge is 0.347 e. The number of rotatable bonds is 5. The normalized spacial score (nSPS) is 12.2. The van der Waals surface area contributed by atoms with Crippen molar-refractivity contribution in [2.24, 2.45) is 0 Å². The molecule has 0 aromatic carbocycles. The molecule has 0 fully saturated rings. The van der Waals surface area contributed by atoms with Crippen LogP contribution in [0.3, 0.4) is 0 Å². The summed E-state index contributed by atoms with van der Waals surface area (Å²) in [4.78, 5) is 17.9. The van der Waals surface area contributed by atoms with Crippen molar-refractivity contribution in [1.82, 2.24) is 15.0 Å². The average molecular weight is 312 g/mol. The van der Waals surface area contributed by atoms with E-state index in [0.717, 1.165) is 6.42 Å². The van der Waals surface area contributed by atoms with Crippen LogP contribution in [0.25, 0.3) is 0 Å². The van der Waals surface area contributed by atoms with Gasteiger partial charge in [-0.3, -0.25) is 0 Å². The van der Waals surface area contributed by atoms with Crippen LogP contribution in [0.15, 0.2) is 17.5 Å². The number of nitrogens with zero attached hydrogens (tertiary/aromatic N) is 5. The summed E-state index contributed by atoms with van der Waals surface area (Å²) in [5, 5.41) is 2.31. The lowest BCUT2D eigenvalue weighted by Crippen LogP contribution is -2.32. The minimum Gasteiger partial charge on any atom is -0.347 e. The van der Waals surface area contributed by atoms with Crippen molar-refractivity contribution in [3.63, 3.8) is 0 Å². The highest BCUT2D eigenvalue weighted by Gasteiger charge is 2.16. The topological polar surface area (TPSA) is 45.2 Å². The van der Waals surface area contributed by atoms with Crippen molar-refractivity contribution in [3.05, 3.63) is 27.7 Å².